The summed E-state index contributed by atoms with van der Waals surface area (Å²) in [5.74, 6) is 0.637. The van der Waals surface area contributed by atoms with E-state index in [2.05, 4.69) is 20.5 Å². The zero-order valence-corrected chi connectivity index (χ0v) is 15.3. The molecule has 5 rings (SSSR count). The van der Waals surface area contributed by atoms with E-state index in [0.29, 0.717) is 17.8 Å². The Bertz CT molecular complexity index is 1160. The summed E-state index contributed by atoms with van der Waals surface area (Å²) in [7, 11) is 0. The molecule has 3 aromatic rings. The third-order valence-electron chi connectivity index (χ3n) is 5.00. The van der Waals surface area contributed by atoms with Crippen molar-refractivity contribution in [2.75, 3.05) is 0 Å². The van der Waals surface area contributed by atoms with E-state index in [1.165, 1.54) is 0 Å². The lowest BCUT2D eigenvalue weighted by Gasteiger charge is -2.28. The molecule has 7 heteroatoms. The lowest BCUT2D eigenvalue weighted by Crippen LogP contribution is -2.48. The first-order chi connectivity index (χ1) is 13.7. The number of allylic oxidation sites excluding steroid dienone is 2. The number of benzene rings is 1. The van der Waals surface area contributed by atoms with Crippen LogP contribution >= 0.6 is 0 Å². The Kier molecular flexibility index (Phi) is 3.86. The highest BCUT2D eigenvalue weighted by molar-refractivity contribution is 6.38. The Hall–Kier alpha value is -3.61. The van der Waals surface area contributed by atoms with E-state index < -0.39 is 0 Å². The van der Waals surface area contributed by atoms with Gasteiger partial charge in [-0.05, 0) is 24.6 Å². The van der Waals surface area contributed by atoms with Crippen molar-refractivity contribution in [1.82, 2.24) is 25.1 Å². The summed E-state index contributed by atoms with van der Waals surface area (Å²) in [5.41, 5.74) is 4.19. The van der Waals surface area contributed by atoms with Gasteiger partial charge in [0.05, 0.1) is 23.5 Å². The van der Waals surface area contributed by atoms with Crippen LogP contribution in [0, 0.1) is 0 Å². The number of rotatable bonds is 3. The van der Waals surface area contributed by atoms with Gasteiger partial charge in [-0.3, -0.25) is 9.79 Å². The van der Waals surface area contributed by atoms with Crippen molar-refractivity contribution in [3.05, 3.63) is 72.1 Å². The number of hydrogen-bond acceptors (Lipinski definition) is 5. The Morgan fingerprint density at radius 3 is 2.82 bits per heavy atom. The number of fused-ring (bicyclic) bond motifs is 2. The van der Waals surface area contributed by atoms with Gasteiger partial charge in [-0.1, -0.05) is 48.6 Å². The number of nitrogens with one attached hydrogen (secondary N) is 1. The first kappa shape index (κ1) is 16.6. The van der Waals surface area contributed by atoms with Crippen LogP contribution < -0.4 is 5.32 Å². The number of amides is 1. The van der Waals surface area contributed by atoms with Gasteiger partial charge in [-0.25, -0.2) is 0 Å². The fraction of sp³-hybridized carbons (Fsp3) is 0.190. The van der Waals surface area contributed by atoms with Crippen molar-refractivity contribution in [3.63, 3.8) is 0 Å². The van der Waals surface area contributed by atoms with Crippen molar-refractivity contribution >= 4 is 17.3 Å². The second-order valence-electron chi connectivity index (χ2n) is 6.95. The molecule has 1 aliphatic heterocycles. The van der Waals surface area contributed by atoms with Crippen LogP contribution in [0.25, 0.3) is 16.9 Å². The molecule has 1 N–H and O–H groups in total. The summed E-state index contributed by atoms with van der Waals surface area (Å²) in [6.07, 6.45) is 6.68. The maximum atomic E-state index is 11.9. The summed E-state index contributed by atoms with van der Waals surface area (Å²) < 4.78 is 1.78. The Morgan fingerprint density at radius 1 is 1.11 bits per heavy atom. The van der Waals surface area contributed by atoms with Gasteiger partial charge in [0.1, 0.15) is 0 Å². The Balaban J connectivity index is 1.45. The summed E-state index contributed by atoms with van der Waals surface area (Å²) in [6.45, 7) is 1.73. The van der Waals surface area contributed by atoms with E-state index in [-0.39, 0.29) is 18.0 Å². The predicted molar refractivity (Wildman–Crippen MR) is 106 cm³/mol. The van der Waals surface area contributed by atoms with Crippen LogP contribution in [0.1, 0.15) is 12.7 Å². The van der Waals surface area contributed by atoms with Crippen molar-refractivity contribution in [2.24, 2.45) is 4.99 Å². The van der Waals surface area contributed by atoms with Crippen molar-refractivity contribution in [2.45, 2.75) is 25.4 Å². The molecule has 2 aromatic heterocycles. The summed E-state index contributed by atoms with van der Waals surface area (Å²) in [5, 5.41) is 16.3. The van der Waals surface area contributed by atoms with Gasteiger partial charge in [0.15, 0.2) is 11.5 Å². The number of aliphatic imine (C=N–C) groups is 1. The van der Waals surface area contributed by atoms with E-state index in [1.807, 2.05) is 60.7 Å². The lowest BCUT2D eigenvalue weighted by atomic mass is 9.94. The number of aromatic nitrogens is 4. The maximum absolute atomic E-state index is 11.9. The van der Waals surface area contributed by atoms with Crippen molar-refractivity contribution in [1.29, 1.82) is 0 Å². The first-order valence-corrected chi connectivity index (χ1v) is 9.18. The molecule has 7 nitrogen and oxygen atoms in total. The van der Waals surface area contributed by atoms with Crippen molar-refractivity contribution < 1.29 is 4.79 Å². The number of nitrogens with zero attached hydrogens (tertiary/aromatic N) is 5. The number of carbonyl (C=O) groups excluding carboxylic acids is 1. The summed E-state index contributed by atoms with van der Waals surface area (Å²) in [6, 6.07) is 13.7. The first-order valence-electron chi connectivity index (χ1n) is 9.18. The monoisotopic (exact) mass is 370 g/mol. The zero-order valence-electron chi connectivity index (χ0n) is 15.3. The minimum atomic E-state index is -0.122. The van der Waals surface area contributed by atoms with Crippen LogP contribution in [0.2, 0.25) is 0 Å². The average Bonchev–Trinajstić information content (AvgIpc) is 3.12. The van der Waals surface area contributed by atoms with Crippen LogP contribution in [-0.2, 0) is 11.2 Å². The van der Waals surface area contributed by atoms with Gasteiger partial charge in [0.2, 0.25) is 0 Å². The molecule has 138 valence electrons. The molecule has 2 atom stereocenters. The molecule has 0 fully saturated rings. The molecule has 0 bridgehead atoms. The summed E-state index contributed by atoms with van der Waals surface area (Å²) in [4.78, 5) is 16.3. The zero-order chi connectivity index (χ0) is 19.1. The molecule has 1 aliphatic carbocycles. The largest absolute Gasteiger partial charge is 0.342 e. The van der Waals surface area contributed by atoms with Gasteiger partial charge < -0.3 is 5.32 Å². The van der Waals surface area contributed by atoms with Gasteiger partial charge >= 0.3 is 0 Å². The van der Waals surface area contributed by atoms with E-state index in [0.717, 1.165) is 22.7 Å². The quantitative estimate of drug-likeness (QED) is 0.766. The minimum Gasteiger partial charge on any atom is -0.342 e. The highest BCUT2D eigenvalue weighted by Crippen LogP contribution is 2.21. The second kappa shape index (κ2) is 6.53. The van der Waals surface area contributed by atoms with Crippen LogP contribution in [-0.4, -0.2) is 43.5 Å². The third kappa shape index (κ3) is 2.90. The molecule has 1 amide bonds. The highest BCUT2D eigenvalue weighted by Gasteiger charge is 2.28. The van der Waals surface area contributed by atoms with Gasteiger partial charge in [0, 0.05) is 12.0 Å². The van der Waals surface area contributed by atoms with E-state index in [1.54, 1.807) is 11.4 Å². The molecule has 0 saturated heterocycles. The smallest absolute Gasteiger partial charge is 0.265 e. The van der Waals surface area contributed by atoms with E-state index >= 15 is 0 Å². The van der Waals surface area contributed by atoms with E-state index in [4.69, 9.17) is 5.10 Å². The normalized spacial score (nSPS) is 21.1. The molecule has 2 unspecified atom stereocenters. The van der Waals surface area contributed by atoms with Crippen LogP contribution in [0.3, 0.4) is 0 Å². The lowest BCUT2D eigenvalue weighted by molar-refractivity contribution is -0.115. The molecule has 28 heavy (non-hydrogen) atoms. The van der Waals surface area contributed by atoms with Crippen molar-refractivity contribution in [3.8, 4) is 11.3 Å². The Labute approximate surface area is 161 Å². The van der Waals surface area contributed by atoms with Gasteiger partial charge in [-0.2, -0.15) is 9.61 Å². The SMILES string of the molecule is CC1=NC2C=CC(Cc3nnc4ccc(-c5ccccc5)nn34)=CC2NC1=O. The summed E-state index contributed by atoms with van der Waals surface area (Å²) >= 11 is 0. The van der Waals surface area contributed by atoms with Crippen LogP contribution in [0.5, 0.6) is 0 Å². The Morgan fingerprint density at radius 2 is 1.96 bits per heavy atom. The molecule has 1 aromatic carbocycles. The predicted octanol–water partition coefficient (Wildman–Crippen LogP) is 2.16. The molecule has 0 saturated carbocycles. The van der Waals surface area contributed by atoms with E-state index in [9.17, 15) is 4.79 Å². The number of carbonyl (C=O) groups is 1. The molecule has 0 spiro atoms. The fourth-order valence-corrected chi connectivity index (χ4v) is 3.52. The fourth-order valence-electron chi connectivity index (χ4n) is 3.52. The molecule has 0 radical (unpaired) electrons. The topological polar surface area (TPSA) is 84.5 Å². The minimum absolute atomic E-state index is 0.0422. The van der Waals surface area contributed by atoms with Crippen LogP contribution in [0.4, 0.5) is 0 Å². The molecular weight excluding hydrogens is 352 g/mol. The average molecular weight is 370 g/mol. The highest BCUT2D eigenvalue weighted by atomic mass is 16.2. The van der Waals surface area contributed by atoms with Crippen LogP contribution in [0.15, 0.2) is 71.3 Å². The van der Waals surface area contributed by atoms with Gasteiger partial charge in [0.25, 0.3) is 5.91 Å². The molecular formula is C21H18N6O. The third-order valence-corrected chi connectivity index (χ3v) is 5.00. The standard InChI is InChI=1S/C21H18N6O/c1-13-21(28)23-18-11-14(7-8-17(18)22-13)12-20-25-24-19-10-9-16(26-27(19)20)15-5-3-2-4-6-15/h2-11,17-18H,12H2,1H3,(H,23,28). The maximum Gasteiger partial charge on any atom is 0.265 e. The number of hydrogen-bond donors (Lipinski definition) is 1. The molecule has 2 aliphatic rings. The second-order valence-corrected chi connectivity index (χ2v) is 6.95. The van der Waals surface area contributed by atoms with Gasteiger partial charge in [-0.15, -0.1) is 10.2 Å². The molecule has 3 heterocycles.